The van der Waals surface area contributed by atoms with E-state index in [1.807, 2.05) is 84.9 Å². The number of fused-ring (bicyclic) bond motifs is 3. The summed E-state index contributed by atoms with van der Waals surface area (Å²) in [6.07, 6.45) is 3.31. The van der Waals surface area contributed by atoms with E-state index in [1.54, 1.807) is 12.4 Å². The first-order chi connectivity index (χ1) is 25.2. The van der Waals surface area contributed by atoms with Crippen LogP contribution in [-0.2, 0) is 0 Å². The van der Waals surface area contributed by atoms with Gasteiger partial charge in [0.25, 0.3) is 0 Å². The zero-order chi connectivity index (χ0) is 34.1. The Labute approximate surface area is 294 Å². The van der Waals surface area contributed by atoms with Gasteiger partial charge in [-0.05, 0) is 64.2 Å². The standard InChI is InChI=1S/C45H27N5O/c46-26-29-22-37(28-47-27-29)33-15-8-17-35(24-33)44-48-43(34-16-7-14-32(23-34)30-10-3-1-4-11-30)49-45(50-44)36-20-21-39-41(25-36)51-40-19-9-18-38(42(39)40)31-12-5-2-6-13-31/h1-25,27-28H. The Morgan fingerprint density at radius 3 is 1.67 bits per heavy atom. The number of pyridine rings is 1. The first-order valence-electron chi connectivity index (χ1n) is 16.6. The molecular weight excluding hydrogens is 627 g/mol. The van der Waals surface area contributed by atoms with Crippen molar-refractivity contribution in [1.82, 2.24) is 19.9 Å². The predicted molar refractivity (Wildman–Crippen MR) is 202 cm³/mol. The van der Waals surface area contributed by atoms with Crippen molar-refractivity contribution >= 4 is 21.9 Å². The molecule has 0 aliphatic carbocycles. The van der Waals surface area contributed by atoms with Crippen molar-refractivity contribution in [2.75, 3.05) is 0 Å². The SMILES string of the molecule is N#Cc1cncc(-c2cccc(-c3nc(-c4cccc(-c5ccccc5)c4)nc(-c4ccc5c(c4)oc4cccc(-c6ccccc6)c45)n3)c2)c1. The summed E-state index contributed by atoms with van der Waals surface area (Å²) in [5, 5.41) is 11.6. The normalized spacial score (nSPS) is 11.1. The van der Waals surface area contributed by atoms with Gasteiger partial charge in [-0.1, -0.05) is 115 Å². The maximum atomic E-state index is 9.46. The fourth-order valence-corrected chi connectivity index (χ4v) is 6.55. The molecule has 0 atom stereocenters. The van der Waals surface area contributed by atoms with Crippen LogP contribution in [0, 0.1) is 11.3 Å². The first-order valence-corrected chi connectivity index (χ1v) is 16.6. The molecule has 0 amide bonds. The average Bonchev–Trinajstić information content (AvgIpc) is 3.60. The van der Waals surface area contributed by atoms with Crippen molar-refractivity contribution in [3.63, 3.8) is 0 Å². The minimum atomic E-state index is 0.498. The van der Waals surface area contributed by atoms with Crippen LogP contribution in [0.25, 0.3) is 89.5 Å². The summed E-state index contributed by atoms with van der Waals surface area (Å²) >= 11 is 0. The molecule has 6 aromatic carbocycles. The average molecular weight is 654 g/mol. The van der Waals surface area contributed by atoms with Crippen LogP contribution in [-0.4, -0.2) is 19.9 Å². The number of furan rings is 1. The van der Waals surface area contributed by atoms with Crippen LogP contribution in [0.1, 0.15) is 5.56 Å². The molecule has 0 bridgehead atoms. The highest BCUT2D eigenvalue weighted by atomic mass is 16.3. The van der Waals surface area contributed by atoms with Crippen molar-refractivity contribution in [1.29, 1.82) is 5.26 Å². The van der Waals surface area contributed by atoms with E-state index in [1.165, 1.54) is 0 Å². The minimum Gasteiger partial charge on any atom is -0.456 e. The fourth-order valence-electron chi connectivity index (χ4n) is 6.55. The molecule has 9 rings (SSSR count). The highest BCUT2D eigenvalue weighted by Gasteiger charge is 2.17. The number of hydrogen-bond acceptors (Lipinski definition) is 6. The summed E-state index contributed by atoms with van der Waals surface area (Å²) in [4.78, 5) is 19.4. The van der Waals surface area contributed by atoms with Crippen molar-refractivity contribution in [2.24, 2.45) is 0 Å². The maximum Gasteiger partial charge on any atom is 0.164 e. The first kappa shape index (κ1) is 29.9. The summed E-state index contributed by atoms with van der Waals surface area (Å²) < 4.78 is 6.45. The minimum absolute atomic E-state index is 0.498. The van der Waals surface area contributed by atoms with Gasteiger partial charge in [0.15, 0.2) is 17.5 Å². The molecule has 0 aliphatic heterocycles. The molecule has 3 heterocycles. The molecule has 0 unspecified atom stereocenters. The van der Waals surface area contributed by atoms with E-state index in [9.17, 15) is 5.26 Å². The lowest BCUT2D eigenvalue weighted by molar-refractivity contribution is 0.669. The number of hydrogen-bond donors (Lipinski definition) is 0. The number of aromatic nitrogens is 4. The van der Waals surface area contributed by atoms with Crippen LogP contribution in [0.3, 0.4) is 0 Å². The molecule has 0 fully saturated rings. The second-order valence-electron chi connectivity index (χ2n) is 12.3. The summed E-state index contributed by atoms with van der Waals surface area (Å²) in [6, 6.07) is 53.2. The molecule has 51 heavy (non-hydrogen) atoms. The largest absolute Gasteiger partial charge is 0.456 e. The molecule has 0 saturated heterocycles. The molecule has 6 nitrogen and oxygen atoms in total. The Morgan fingerprint density at radius 2 is 1.00 bits per heavy atom. The summed E-state index contributed by atoms with van der Waals surface area (Å²) in [5.41, 5.74) is 10.8. The van der Waals surface area contributed by atoms with E-state index >= 15 is 0 Å². The van der Waals surface area contributed by atoms with Crippen molar-refractivity contribution in [3.8, 4) is 73.6 Å². The van der Waals surface area contributed by atoms with Gasteiger partial charge in [-0.3, -0.25) is 4.98 Å². The zero-order valence-electron chi connectivity index (χ0n) is 27.2. The van der Waals surface area contributed by atoms with Crippen LogP contribution in [0.2, 0.25) is 0 Å². The molecule has 0 aliphatic rings. The highest BCUT2D eigenvalue weighted by molar-refractivity contribution is 6.13. The number of rotatable bonds is 6. The van der Waals surface area contributed by atoms with E-state index in [-0.39, 0.29) is 0 Å². The summed E-state index contributed by atoms with van der Waals surface area (Å²) in [6.45, 7) is 0. The van der Waals surface area contributed by atoms with Crippen LogP contribution in [0.15, 0.2) is 168 Å². The molecule has 0 N–H and O–H groups in total. The van der Waals surface area contributed by atoms with Crippen LogP contribution < -0.4 is 0 Å². The van der Waals surface area contributed by atoms with Crippen LogP contribution in [0.4, 0.5) is 0 Å². The van der Waals surface area contributed by atoms with Gasteiger partial charge in [0, 0.05) is 45.4 Å². The lowest BCUT2D eigenvalue weighted by Crippen LogP contribution is -2.00. The van der Waals surface area contributed by atoms with Gasteiger partial charge >= 0.3 is 0 Å². The molecule has 9 aromatic rings. The molecule has 238 valence electrons. The number of nitrogens with zero attached hydrogens (tertiary/aromatic N) is 5. The molecule has 0 radical (unpaired) electrons. The monoisotopic (exact) mass is 653 g/mol. The molecule has 0 spiro atoms. The highest BCUT2D eigenvalue weighted by Crippen LogP contribution is 2.38. The van der Waals surface area contributed by atoms with E-state index < -0.39 is 0 Å². The maximum absolute atomic E-state index is 9.46. The van der Waals surface area contributed by atoms with Crippen LogP contribution in [0.5, 0.6) is 0 Å². The second-order valence-corrected chi connectivity index (χ2v) is 12.3. The van der Waals surface area contributed by atoms with Gasteiger partial charge in [0.1, 0.15) is 17.2 Å². The topological polar surface area (TPSA) is 88.5 Å². The third-order valence-corrected chi connectivity index (χ3v) is 9.02. The van der Waals surface area contributed by atoms with E-state index in [0.29, 0.717) is 23.0 Å². The quantitative estimate of drug-likeness (QED) is 0.177. The fraction of sp³-hybridized carbons (Fsp3) is 0. The third-order valence-electron chi connectivity index (χ3n) is 9.02. The van der Waals surface area contributed by atoms with Gasteiger partial charge < -0.3 is 4.42 Å². The zero-order valence-corrected chi connectivity index (χ0v) is 27.2. The Balaban J connectivity index is 1.21. The van der Waals surface area contributed by atoms with Gasteiger partial charge in [-0.15, -0.1) is 0 Å². The molecule has 6 heteroatoms. The van der Waals surface area contributed by atoms with E-state index in [0.717, 1.165) is 72.0 Å². The van der Waals surface area contributed by atoms with Crippen molar-refractivity contribution in [2.45, 2.75) is 0 Å². The Kier molecular flexibility index (Phi) is 7.42. The second kappa shape index (κ2) is 12.7. The molecule has 3 aromatic heterocycles. The van der Waals surface area contributed by atoms with Gasteiger partial charge in [-0.25, -0.2) is 15.0 Å². The van der Waals surface area contributed by atoms with E-state index in [2.05, 4.69) is 77.8 Å². The lowest BCUT2D eigenvalue weighted by atomic mass is 9.99. The number of nitriles is 1. The van der Waals surface area contributed by atoms with Crippen LogP contribution >= 0.6 is 0 Å². The van der Waals surface area contributed by atoms with E-state index in [4.69, 9.17) is 19.4 Å². The van der Waals surface area contributed by atoms with Gasteiger partial charge in [0.2, 0.25) is 0 Å². The van der Waals surface area contributed by atoms with Gasteiger partial charge in [-0.2, -0.15) is 5.26 Å². The molecular formula is C45H27N5O. The van der Waals surface area contributed by atoms with Gasteiger partial charge in [0.05, 0.1) is 5.56 Å². The lowest BCUT2D eigenvalue weighted by Gasteiger charge is -2.11. The van der Waals surface area contributed by atoms with Crippen molar-refractivity contribution in [3.05, 3.63) is 170 Å². The Bertz CT molecular complexity index is 2770. The number of benzene rings is 6. The predicted octanol–water partition coefficient (Wildman–Crippen LogP) is 11.0. The molecule has 0 saturated carbocycles. The van der Waals surface area contributed by atoms with Crippen molar-refractivity contribution < 1.29 is 4.42 Å². The Hall–Kier alpha value is -7.23. The summed E-state index contributed by atoms with van der Waals surface area (Å²) in [5.74, 6) is 1.62. The Morgan fingerprint density at radius 1 is 0.431 bits per heavy atom. The summed E-state index contributed by atoms with van der Waals surface area (Å²) in [7, 11) is 0. The smallest absolute Gasteiger partial charge is 0.164 e. The third kappa shape index (κ3) is 5.69.